The lowest BCUT2D eigenvalue weighted by atomic mass is 9.86. The number of hydrogen-bond donors (Lipinski definition) is 2. The van der Waals surface area contributed by atoms with Gasteiger partial charge in [0, 0.05) is 11.8 Å². The summed E-state index contributed by atoms with van der Waals surface area (Å²) in [7, 11) is 2.20. The van der Waals surface area contributed by atoms with Gasteiger partial charge in [0.2, 0.25) is 0 Å². The van der Waals surface area contributed by atoms with Gasteiger partial charge in [0.15, 0.2) is 0 Å². The van der Waals surface area contributed by atoms with Crippen molar-refractivity contribution in [3.05, 3.63) is 0 Å². The van der Waals surface area contributed by atoms with Crippen molar-refractivity contribution in [1.82, 2.24) is 0 Å². The number of hydrogen-bond acceptors (Lipinski definition) is 1. The van der Waals surface area contributed by atoms with Crippen LogP contribution >= 0.6 is 0 Å². The lowest BCUT2D eigenvalue weighted by Gasteiger charge is -2.38. The Kier molecular flexibility index (Phi) is 3.13. The first-order chi connectivity index (χ1) is 5.52. The van der Waals surface area contributed by atoms with Crippen molar-refractivity contribution in [2.75, 3.05) is 13.6 Å². The average molecular weight is 172 g/mol. The number of quaternary nitrogens is 1. The van der Waals surface area contributed by atoms with Crippen LogP contribution in [0.15, 0.2) is 0 Å². The minimum Gasteiger partial charge on any atom is -0.387 e. The predicted octanol–water partition coefficient (Wildman–Crippen LogP) is -0.0736. The number of nitrogens with one attached hydrogen (secondary N) is 1. The van der Waals surface area contributed by atoms with Gasteiger partial charge in [0.05, 0.1) is 13.6 Å². The number of piperidine rings is 1. The summed E-state index contributed by atoms with van der Waals surface area (Å²) >= 11 is 0. The van der Waals surface area contributed by atoms with Gasteiger partial charge in [0.25, 0.3) is 0 Å². The van der Waals surface area contributed by atoms with Gasteiger partial charge in [0.1, 0.15) is 12.1 Å². The van der Waals surface area contributed by atoms with Crippen molar-refractivity contribution in [2.24, 2.45) is 11.8 Å². The second kappa shape index (κ2) is 3.75. The topological polar surface area (TPSA) is 24.7 Å². The van der Waals surface area contributed by atoms with Gasteiger partial charge in [-0.3, -0.25) is 0 Å². The Labute approximate surface area is 75.6 Å². The van der Waals surface area contributed by atoms with Gasteiger partial charge in [-0.25, -0.2) is 0 Å². The molecule has 0 spiro atoms. The van der Waals surface area contributed by atoms with Crippen LogP contribution in [0.5, 0.6) is 0 Å². The van der Waals surface area contributed by atoms with E-state index in [-0.39, 0.29) is 6.10 Å². The van der Waals surface area contributed by atoms with Crippen LogP contribution in [0.3, 0.4) is 0 Å². The van der Waals surface area contributed by atoms with Crippen molar-refractivity contribution >= 4 is 0 Å². The largest absolute Gasteiger partial charge is 0.387 e. The van der Waals surface area contributed by atoms with Crippen LogP contribution in [0.25, 0.3) is 0 Å². The van der Waals surface area contributed by atoms with Crippen molar-refractivity contribution in [3.8, 4) is 0 Å². The number of rotatable bonds is 1. The number of likely N-dealkylation sites (tertiary alicyclic amines) is 1. The van der Waals surface area contributed by atoms with Crippen molar-refractivity contribution in [2.45, 2.75) is 39.3 Å². The molecule has 1 fully saturated rings. The molecule has 1 saturated heterocycles. The standard InChI is InChI=1S/C10H21NO/c1-7(2)10-9(12)5-8(3)6-11(10)4/h7-10,12H,5-6H2,1-4H3/p+1/t8-,9+,10+/m1/s1. The van der Waals surface area contributed by atoms with E-state index in [1.807, 2.05) is 0 Å². The predicted molar refractivity (Wildman–Crippen MR) is 50.2 cm³/mol. The van der Waals surface area contributed by atoms with Crippen molar-refractivity contribution < 1.29 is 10.0 Å². The normalized spacial score (nSPS) is 43.5. The molecule has 1 aliphatic rings. The molecular weight excluding hydrogens is 150 g/mol. The Morgan fingerprint density at radius 1 is 1.42 bits per heavy atom. The fourth-order valence-corrected chi connectivity index (χ4v) is 2.67. The highest BCUT2D eigenvalue weighted by Gasteiger charge is 2.36. The molecule has 0 bridgehead atoms. The quantitative estimate of drug-likeness (QED) is 0.568. The molecule has 2 heteroatoms. The SMILES string of the molecule is CC(C)[C@H]1[C@@H](O)C[C@@H](C)C[NH+]1C. The highest BCUT2D eigenvalue weighted by atomic mass is 16.3. The molecule has 0 radical (unpaired) electrons. The molecule has 1 aliphatic heterocycles. The Hall–Kier alpha value is -0.0800. The molecule has 0 saturated carbocycles. The summed E-state index contributed by atoms with van der Waals surface area (Å²) < 4.78 is 0. The van der Waals surface area contributed by atoms with Gasteiger partial charge >= 0.3 is 0 Å². The van der Waals surface area contributed by atoms with Crippen LogP contribution in [0, 0.1) is 11.8 Å². The zero-order valence-electron chi connectivity index (χ0n) is 8.67. The smallest absolute Gasteiger partial charge is 0.116 e. The molecule has 0 amide bonds. The zero-order chi connectivity index (χ0) is 9.30. The molecule has 12 heavy (non-hydrogen) atoms. The van der Waals surface area contributed by atoms with E-state index in [1.165, 1.54) is 11.4 Å². The fraction of sp³-hybridized carbons (Fsp3) is 1.00. The Bertz CT molecular complexity index is 135. The van der Waals surface area contributed by atoms with E-state index in [9.17, 15) is 5.11 Å². The lowest BCUT2D eigenvalue weighted by molar-refractivity contribution is -0.922. The zero-order valence-corrected chi connectivity index (χ0v) is 8.67. The maximum absolute atomic E-state index is 9.86. The van der Waals surface area contributed by atoms with Crippen LogP contribution in [0.2, 0.25) is 0 Å². The summed E-state index contributed by atoms with van der Waals surface area (Å²) in [5.41, 5.74) is 0. The van der Waals surface area contributed by atoms with Crippen LogP contribution in [-0.2, 0) is 0 Å². The molecule has 0 aromatic carbocycles. The van der Waals surface area contributed by atoms with Crippen LogP contribution in [-0.4, -0.2) is 30.8 Å². The Morgan fingerprint density at radius 3 is 2.42 bits per heavy atom. The summed E-state index contributed by atoms with van der Waals surface area (Å²) in [6.07, 6.45) is 0.897. The minimum absolute atomic E-state index is 0.0891. The minimum atomic E-state index is -0.0891. The summed E-state index contributed by atoms with van der Waals surface area (Å²) in [5, 5.41) is 9.86. The van der Waals surface area contributed by atoms with E-state index in [2.05, 4.69) is 27.8 Å². The van der Waals surface area contributed by atoms with E-state index >= 15 is 0 Å². The highest BCUT2D eigenvalue weighted by molar-refractivity contribution is 4.76. The van der Waals surface area contributed by atoms with Gasteiger partial charge in [-0.2, -0.15) is 0 Å². The van der Waals surface area contributed by atoms with Crippen LogP contribution in [0.1, 0.15) is 27.2 Å². The third-order valence-electron chi connectivity index (χ3n) is 3.02. The maximum atomic E-state index is 9.86. The molecule has 4 atom stereocenters. The summed E-state index contributed by atoms with van der Waals surface area (Å²) in [5.74, 6) is 1.27. The Morgan fingerprint density at radius 2 is 2.00 bits per heavy atom. The van der Waals surface area contributed by atoms with Crippen LogP contribution < -0.4 is 4.90 Å². The third-order valence-corrected chi connectivity index (χ3v) is 3.02. The first-order valence-corrected chi connectivity index (χ1v) is 5.02. The van der Waals surface area contributed by atoms with E-state index in [1.54, 1.807) is 0 Å². The van der Waals surface area contributed by atoms with E-state index in [4.69, 9.17) is 0 Å². The second-order valence-electron chi connectivity index (χ2n) is 4.73. The molecule has 2 nitrogen and oxygen atoms in total. The fourth-order valence-electron chi connectivity index (χ4n) is 2.67. The van der Waals surface area contributed by atoms with Crippen molar-refractivity contribution in [3.63, 3.8) is 0 Å². The molecule has 1 unspecified atom stereocenters. The first-order valence-electron chi connectivity index (χ1n) is 5.02. The molecule has 0 aliphatic carbocycles. The molecule has 2 N–H and O–H groups in total. The summed E-state index contributed by atoms with van der Waals surface area (Å²) in [6.45, 7) is 7.84. The Balaban J connectivity index is 2.60. The van der Waals surface area contributed by atoms with Gasteiger partial charge < -0.3 is 10.0 Å². The third kappa shape index (κ3) is 1.99. The number of aliphatic hydroxyl groups excluding tert-OH is 1. The maximum Gasteiger partial charge on any atom is 0.116 e. The average Bonchev–Trinajstić information content (AvgIpc) is 1.82. The molecule has 0 aromatic rings. The molecular formula is C10H22NO+. The molecule has 0 aromatic heterocycles. The summed E-state index contributed by atoms with van der Waals surface area (Å²) in [6, 6.07) is 0.446. The van der Waals surface area contributed by atoms with Crippen LogP contribution in [0.4, 0.5) is 0 Å². The van der Waals surface area contributed by atoms with E-state index in [0.717, 1.165) is 6.42 Å². The van der Waals surface area contributed by atoms with Gasteiger partial charge in [-0.05, 0) is 6.42 Å². The number of likely N-dealkylation sites (N-methyl/N-ethyl adjacent to an activating group) is 1. The van der Waals surface area contributed by atoms with Gasteiger partial charge in [-0.15, -0.1) is 0 Å². The highest BCUT2D eigenvalue weighted by Crippen LogP contribution is 2.15. The van der Waals surface area contributed by atoms with Gasteiger partial charge in [-0.1, -0.05) is 20.8 Å². The molecule has 1 rings (SSSR count). The number of aliphatic hydroxyl groups is 1. The summed E-state index contributed by atoms with van der Waals surface area (Å²) in [4.78, 5) is 1.50. The van der Waals surface area contributed by atoms with E-state index < -0.39 is 0 Å². The lowest BCUT2D eigenvalue weighted by Crippen LogP contribution is -3.17. The van der Waals surface area contributed by atoms with E-state index in [0.29, 0.717) is 17.9 Å². The molecule has 1 heterocycles. The monoisotopic (exact) mass is 172 g/mol. The second-order valence-corrected chi connectivity index (χ2v) is 4.73. The molecule has 72 valence electrons. The first kappa shape index (κ1) is 10.0. The van der Waals surface area contributed by atoms with Crippen molar-refractivity contribution in [1.29, 1.82) is 0 Å².